The number of anilines is 1. The molecule has 2 aliphatic rings. The number of aromatic nitrogens is 1. The second kappa shape index (κ2) is 9.41. The van der Waals surface area contributed by atoms with Crippen LogP contribution in [0.3, 0.4) is 0 Å². The molecule has 1 aromatic heterocycles. The second-order valence-corrected chi connectivity index (χ2v) is 8.05. The molecule has 2 fully saturated rings. The van der Waals surface area contributed by atoms with E-state index in [0.29, 0.717) is 17.8 Å². The Hall–Kier alpha value is -2.70. The van der Waals surface area contributed by atoms with Crippen LogP contribution in [0.1, 0.15) is 54.3 Å². The van der Waals surface area contributed by atoms with Gasteiger partial charge in [0.1, 0.15) is 5.82 Å². The summed E-state index contributed by atoms with van der Waals surface area (Å²) in [4.78, 5) is 8.52. The molecule has 1 atom stereocenters. The van der Waals surface area contributed by atoms with E-state index in [1.165, 1.54) is 30.2 Å². The Kier molecular flexibility index (Phi) is 6.45. The van der Waals surface area contributed by atoms with Crippen LogP contribution in [0, 0.1) is 0 Å². The van der Waals surface area contributed by atoms with Gasteiger partial charge in [-0.3, -0.25) is 4.99 Å². The minimum absolute atomic E-state index is 0.413. The number of benzene rings is 1. The van der Waals surface area contributed by atoms with Crippen molar-refractivity contribution in [2.75, 3.05) is 32.5 Å². The number of hydrogen-bond donors (Lipinski definition) is 3. The highest BCUT2D eigenvalue weighted by Crippen LogP contribution is 2.38. The highest BCUT2D eigenvalue weighted by molar-refractivity contribution is 6.11. The molecule has 2 saturated heterocycles. The average molecular weight is 406 g/mol. The molecule has 0 unspecified atom stereocenters. The number of allylic oxidation sites excluding steroid dienone is 1. The quantitative estimate of drug-likeness (QED) is 0.660. The zero-order chi connectivity index (χ0) is 20.9. The lowest BCUT2D eigenvalue weighted by atomic mass is 9.84. The molecule has 1 aromatic carbocycles. The van der Waals surface area contributed by atoms with Gasteiger partial charge < -0.3 is 21.5 Å². The minimum Gasteiger partial charge on any atom is -0.404 e. The lowest BCUT2D eigenvalue weighted by molar-refractivity contribution is 0.0851. The van der Waals surface area contributed by atoms with Crippen molar-refractivity contribution in [2.24, 2.45) is 10.7 Å². The third-order valence-corrected chi connectivity index (χ3v) is 6.19. The Labute approximate surface area is 178 Å². The first-order valence-electron chi connectivity index (χ1n) is 10.8. The molecule has 0 saturated carbocycles. The van der Waals surface area contributed by atoms with Crippen LogP contribution < -0.4 is 16.8 Å². The van der Waals surface area contributed by atoms with Crippen LogP contribution in [0.4, 0.5) is 5.82 Å². The first kappa shape index (κ1) is 20.6. The van der Waals surface area contributed by atoms with Gasteiger partial charge in [-0.25, -0.2) is 4.98 Å². The first-order valence-corrected chi connectivity index (χ1v) is 10.8. The van der Waals surface area contributed by atoms with Crippen LogP contribution in [-0.2, 0) is 4.74 Å². The van der Waals surface area contributed by atoms with Gasteiger partial charge in [0.05, 0.1) is 0 Å². The van der Waals surface area contributed by atoms with Gasteiger partial charge in [-0.05, 0) is 67.0 Å². The standard InChI is InChI=1S/C24H31N5O/c1-27-14-19(13-25)21-12-18(15-29-24(21)26)17-4-5-20(16-6-9-30-10-7-16)22(11-17)23-3-2-8-28-23/h4-5,11-16,23,28H,2-3,6-10,25H2,1H3,(H2,26,29)/t23-/m0/s1. The predicted octanol–water partition coefficient (Wildman–Crippen LogP) is 3.65. The van der Waals surface area contributed by atoms with Crippen LogP contribution in [0.25, 0.3) is 16.7 Å². The number of pyridine rings is 1. The predicted molar refractivity (Wildman–Crippen MR) is 123 cm³/mol. The molecule has 0 aliphatic carbocycles. The van der Waals surface area contributed by atoms with Crippen molar-refractivity contribution in [3.05, 3.63) is 53.4 Å². The number of rotatable bonds is 5. The minimum atomic E-state index is 0.413. The molecule has 0 bridgehead atoms. The van der Waals surface area contributed by atoms with Crippen molar-refractivity contribution >= 4 is 17.6 Å². The van der Waals surface area contributed by atoms with E-state index in [2.05, 4.69) is 39.6 Å². The van der Waals surface area contributed by atoms with Crippen molar-refractivity contribution in [3.63, 3.8) is 0 Å². The fraction of sp³-hybridized carbons (Fsp3) is 0.417. The Morgan fingerprint density at radius 2 is 2.00 bits per heavy atom. The number of nitrogen functional groups attached to an aromatic ring is 1. The molecular formula is C24H31N5O. The van der Waals surface area contributed by atoms with Crippen molar-refractivity contribution in [2.45, 2.75) is 37.6 Å². The normalized spacial score (nSPS) is 20.8. The zero-order valence-electron chi connectivity index (χ0n) is 17.6. The van der Waals surface area contributed by atoms with E-state index in [1.807, 2.05) is 6.20 Å². The number of ether oxygens (including phenoxy) is 1. The summed E-state index contributed by atoms with van der Waals surface area (Å²) in [5.41, 5.74) is 18.6. The highest BCUT2D eigenvalue weighted by atomic mass is 16.5. The van der Waals surface area contributed by atoms with Gasteiger partial charge in [-0.1, -0.05) is 12.1 Å². The Morgan fingerprint density at radius 1 is 1.17 bits per heavy atom. The number of aliphatic imine (C=N–C) groups is 1. The zero-order valence-corrected chi connectivity index (χ0v) is 17.6. The monoisotopic (exact) mass is 405 g/mol. The van der Waals surface area contributed by atoms with Gasteiger partial charge in [0.2, 0.25) is 0 Å². The van der Waals surface area contributed by atoms with E-state index >= 15 is 0 Å². The Bertz CT molecular complexity index is 941. The van der Waals surface area contributed by atoms with E-state index in [4.69, 9.17) is 16.2 Å². The highest BCUT2D eigenvalue weighted by Gasteiger charge is 2.25. The number of nitrogens with one attached hydrogen (secondary N) is 1. The molecule has 2 aliphatic heterocycles. The molecule has 158 valence electrons. The third kappa shape index (κ3) is 4.25. The maximum Gasteiger partial charge on any atom is 0.131 e. The molecule has 6 nitrogen and oxygen atoms in total. The first-order chi connectivity index (χ1) is 14.7. The average Bonchev–Trinajstić information content (AvgIpc) is 3.33. The maximum absolute atomic E-state index is 6.13. The van der Waals surface area contributed by atoms with E-state index in [0.717, 1.165) is 54.9 Å². The van der Waals surface area contributed by atoms with Crippen LogP contribution in [0.2, 0.25) is 0 Å². The third-order valence-electron chi connectivity index (χ3n) is 6.19. The van der Waals surface area contributed by atoms with Crippen molar-refractivity contribution in [1.82, 2.24) is 10.3 Å². The molecular weight excluding hydrogens is 374 g/mol. The van der Waals surface area contributed by atoms with Gasteiger partial charge in [0.25, 0.3) is 0 Å². The summed E-state index contributed by atoms with van der Waals surface area (Å²) < 4.78 is 5.59. The summed E-state index contributed by atoms with van der Waals surface area (Å²) in [6.07, 6.45) is 9.65. The maximum atomic E-state index is 6.13. The van der Waals surface area contributed by atoms with Crippen molar-refractivity contribution < 1.29 is 4.74 Å². The van der Waals surface area contributed by atoms with Crippen LogP contribution in [0.15, 0.2) is 41.7 Å². The summed E-state index contributed by atoms with van der Waals surface area (Å²) in [5, 5.41) is 3.69. The van der Waals surface area contributed by atoms with E-state index in [1.54, 1.807) is 13.3 Å². The SMILES string of the molecule is CN=CC(=CN)c1cc(-c2ccc(C3CCOCC3)c([C@@H]3CCCN3)c2)cnc1N. The van der Waals surface area contributed by atoms with Gasteiger partial charge >= 0.3 is 0 Å². The van der Waals surface area contributed by atoms with Gasteiger partial charge in [-0.2, -0.15) is 0 Å². The van der Waals surface area contributed by atoms with E-state index in [-0.39, 0.29) is 0 Å². The molecule has 30 heavy (non-hydrogen) atoms. The topological polar surface area (TPSA) is 98.5 Å². The summed E-state index contributed by atoms with van der Waals surface area (Å²) in [6, 6.07) is 9.32. The fourth-order valence-electron chi connectivity index (χ4n) is 4.59. The fourth-order valence-corrected chi connectivity index (χ4v) is 4.59. The summed E-state index contributed by atoms with van der Waals surface area (Å²) in [5.74, 6) is 1.02. The number of nitrogens with zero attached hydrogens (tertiary/aromatic N) is 2. The smallest absolute Gasteiger partial charge is 0.131 e. The Morgan fingerprint density at radius 3 is 2.70 bits per heavy atom. The second-order valence-electron chi connectivity index (χ2n) is 8.05. The summed E-state index contributed by atoms with van der Waals surface area (Å²) in [6.45, 7) is 2.78. The van der Waals surface area contributed by atoms with Crippen LogP contribution in [-0.4, -0.2) is 38.0 Å². The van der Waals surface area contributed by atoms with Crippen molar-refractivity contribution in [3.8, 4) is 11.1 Å². The number of nitrogens with two attached hydrogens (primary N) is 2. The molecule has 0 amide bonds. The van der Waals surface area contributed by atoms with Crippen molar-refractivity contribution in [1.29, 1.82) is 0 Å². The van der Waals surface area contributed by atoms with Crippen LogP contribution in [0.5, 0.6) is 0 Å². The largest absolute Gasteiger partial charge is 0.404 e. The molecule has 4 rings (SSSR count). The molecule has 3 heterocycles. The number of hydrogen-bond acceptors (Lipinski definition) is 6. The lowest BCUT2D eigenvalue weighted by Crippen LogP contribution is -2.19. The molecule has 5 N–H and O–H groups in total. The van der Waals surface area contributed by atoms with Gasteiger partial charge in [0.15, 0.2) is 0 Å². The van der Waals surface area contributed by atoms with Gasteiger partial charge in [-0.15, -0.1) is 0 Å². The Balaban J connectivity index is 1.75. The summed E-state index contributed by atoms with van der Waals surface area (Å²) >= 11 is 0. The summed E-state index contributed by atoms with van der Waals surface area (Å²) in [7, 11) is 1.72. The van der Waals surface area contributed by atoms with E-state index in [9.17, 15) is 0 Å². The molecule has 0 radical (unpaired) electrons. The molecule has 0 spiro atoms. The van der Waals surface area contributed by atoms with Crippen LogP contribution >= 0.6 is 0 Å². The lowest BCUT2D eigenvalue weighted by Gasteiger charge is -2.27. The molecule has 2 aromatic rings. The van der Waals surface area contributed by atoms with E-state index < -0.39 is 0 Å². The van der Waals surface area contributed by atoms with Gasteiger partial charge in [0, 0.05) is 61.6 Å². The molecule has 6 heteroatoms.